The molecule has 0 atom stereocenters. The first-order valence-corrected chi connectivity index (χ1v) is 9.39. The second kappa shape index (κ2) is 6.76. The Morgan fingerprint density at radius 3 is 2.81 bits per heavy atom. The Morgan fingerprint density at radius 2 is 1.96 bits per heavy atom. The normalized spacial score (nSPS) is 14.4. The maximum atomic E-state index is 5.97. The number of aromatic nitrogens is 4. The fourth-order valence-corrected chi connectivity index (χ4v) is 3.67. The Morgan fingerprint density at radius 1 is 1.07 bits per heavy atom. The minimum absolute atomic E-state index is 0.722. The summed E-state index contributed by atoms with van der Waals surface area (Å²) >= 11 is 5.97. The van der Waals surface area contributed by atoms with Crippen molar-refractivity contribution >= 4 is 17.1 Å². The van der Waals surface area contributed by atoms with Crippen LogP contribution in [0.3, 0.4) is 0 Å². The van der Waals surface area contributed by atoms with Crippen molar-refractivity contribution in [2.75, 3.05) is 6.54 Å². The van der Waals surface area contributed by atoms with Crippen LogP contribution in [0.5, 0.6) is 0 Å². The summed E-state index contributed by atoms with van der Waals surface area (Å²) in [5.41, 5.74) is 5.54. The monoisotopic (exact) mass is 375 g/mol. The Hall–Kier alpha value is -2.76. The molecule has 0 amide bonds. The molecule has 1 aliphatic heterocycles. The van der Waals surface area contributed by atoms with E-state index in [9.17, 15) is 0 Å². The van der Waals surface area contributed by atoms with Gasteiger partial charge in [-0.15, -0.1) is 0 Å². The summed E-state index contributed by atoms with van der Waals surface area (Å²) in [4.78, 5) is 11.8. The molecule has 134 valence electrons. The number of hydrogen-bond acceptors (Lipinski definition) is 4. The molecule has 0 radical (unpaired) electrons. The highest BCUT2D eigenvalue weighted by atomic mass is 35.5. The number of rotatable bonds is 3. The first-order valence-electron chi connectivity index (χ1n) is 9.01. The molecule has 0 aliphatic carbocycles. The standard InChI is InChI=1S/C21H18ClN5/c22-17-6-4-15(5-7-17)21-23-12-16-13-26(10-8-20(16)24-21)14-18-11-19-3-1-2-9-27(19)25-18/h1-7,9,11-12H,8,10,13-14H2. The van der Waals surface area contributed by atoms with E-state index in [1.807, 2.05) is 53.3 Å². The minimum Gasteiger partial charge on any atom is -0.293 e. The lowest BCUT2D eigenvalue weighted by Crippen LogP contribution is -2.31. The molecule has 27 heavy (non-hydrogen) atoms. The lowest BCUT2D eigenvalue weighted by atomic mass is 10.1. The van der Waals surface area contributed by atoms with Crippen LogP contribution in [0.4, 0.5) is 0 Å². The Balaban J connectivity index is 1.34. The molecule has 6 heteroatoms. The molecule has 0 saturated carbocycles. The molecular formula is C21H18ClN5. The van der Waals surface area contributed by atoms with Crippen molar-refractivity contribution in [3.63, 3.8) is 0 Å². The van der Waals surface area contributed by atoms with Gasteiger partial charge in [-0.05, 0) is 42.5 Å². The fourth-order valence-electron chi connectivity index (χ4n) is 3.55. The van der Waals surface area contributed by atoms with Gasteiger partial charge in [0, 0.05) is 54.6 Å². The third-order valence-electron chi connectivity index (χ3n) is 4.92. The third kappa shape index (κ3) is 3.31. The van der Waals surface area contributed by atoms with Gasteiger partial charge >= 0.3 is 0 Å². The van der Waals surface area contributed by atoms with Gasteiger partial charge in [-0.1, -0.05) is 17.7 Å². The Bertz CT molecular complexity index is 1070. The van der Waals surface area contributed by atoms with E-state index in [1.54, 1.807) is 0 Å². The van der Waals surface area contributed by atoms with E-state index < -0.39 is 0 Å². The van der Waals surface area contributed by atoms with Gasteiger partial charge in [-0.2, -0.15) is 5.10 Å². The van der Waals surface area contributed by atoms with Crippen molar-refractivity contribution < 1.29 is 0 Å². The molecular weight excluding hydrogens is 358 g/mol. The van der Waals surface area contributed by atoms with Gasteiger partial charge in [-0.3, -0.25) is 4.90 Å². The summed E-state index contributed by atoms with van der Waals surface area (Å²) in [6, 6.07) is 15.9. The van der Waals surface area contributed by atoms with Crippen LogP contribution in [0, 0.1) is 0 Å². The zero-order chi connectivity index (χ0) is 18.2. The number of benzene rings is 1. The number of nitrogens with zero attached hydrogens (tertiary/aromatic N) is 5. The average molecular weight is 376 g/mol. The first-order chi connectivity index (χ1) is 13.2. The summed E-state index contributed by atoms with van der Waals surface area (Å²) in [5, 5.41) is 5.38. The lowest BCUT2D eigenvalue weighted by Gasteiger charge is -2.27. The average Bonchev–Trinajstić information content (AvgIpc) is 3.10. The van der Waals surface area contributed by atoms with E-state index in [-0.39, 0.29) is 0 Å². The molecule has 0 unspecified atom stereocenters. The van der Waals surface area contributed by atoms with Gasteiger partial charge in [0.2, 0.25) is 0 Å². The van der Waals surface area contributed by atoms with E-state index in [2.05, 4.69) is 27.1 Å². The summed E-state index contributed by atoms with van der Waals surface area (Å²) in [5.74, 6) is 0.763. The predicted molar refractivity (Wildman–Crippen MR) is 105 cm³/mol. The molecule has 5 rings (SSSR count). The smallest absolute Gasteiger partial charge is 0.159 e. The van der Waals surface area contributed by atoms with Crippen LogP contribution >= 0.6 is 11.6 Å². The molecule has 3 aromatic heterocycles. The first kappa shape index (κ1) is 16.4. The minimum atomic E-state index is 0.722. The van der Waals surface area contributed by atoms with E-state index in [0.717, 1.165) is 59.4 Å². The third-order valence-corrected chi connectivity index (χ3v) is 5.17. The van der Waals surface area contributed by atoms with Crippen molar-refractivity contribution in [1.29, 1.82) is 0 Å². The van der Waals surface area contributed by atoms with Gasteiger partial charge in [0.25, 0.3) is 0 Å². The largest absolute Gasteiger partial charge is 0.293 e. The van der Waals surface area contributed by atoms with Crippen molar-refractivity contribution in [3.8, 4) is 11.4 Å². The van der Waals surface area contributed by atoms with Crippen LogP contribution in [0.2, 0.25) is 5.02 Å². The number of hydrogen-bond donors (Lipinski definition) is 0. The Labute approximate surface area is 162 Å². The SMILES string of the molecule is Clc1ccc(-c2ncc3c(n2)CCN(Cc2cc4ccccn4n2)C3)cc1. The topological polar surface area (TPSA) is 46.3 Å². The lowest BCUT2D eigenvalue weighted by molar-refractivity contribution is 0.240. The highest BCUT2D eigenvalue weighted by Crippen LogP contribution is 2.23. The van der Waals surface area contributed by atoms with Crippen LogP contribution in [0.1, 0.15) is 17.0 Å². The van der Waals surface area contributed by atoms with E-state index in [1.165, 1.54) is 5.56 Å². The number of halogens is 1. The molecule has 0 N–H and O–H groups in total. The molecule has 1 aliphatic rings. The number of pyridine rings is 1. The van der Waals surface area contributed by atoms with E-state index in [4.69, 9.17) is 16.6 Å². The molecule has 1 aromatic carbocycles. The summed E-state index contributed by atoms with van der Waals surface area (Å²) in [7, 11) is 0. The quantitative estimate of drug-likeness (QED) is 0.543. The highest BCUT2D eigenvalue weighted by Gasteiger charge is 2.19. The molecule has 0 bridgehead atoms. The van der Waals surface area contributed by atoms with Crippen molar-refractivity contribution in [2.24, 2.45) is 0 Å². The van der Waals surface area contributed by atoms with Gasteiger partial charge in [0.1, 0.15) is 0 Å². The molecule has 0 spiro atoms. The summed E-state index contributed by atoms with van der Waals surface area (Å²) in [6.45, 7) is 2.65. The molecule has 0 fully saturated rings. The van der Waals surface area contributed by atoms with Crippen LogP contribution in [-0.4, -0.2) is 31.0 Å². The van der Waals surface area contributed by atoms with Crippen molar-refractivity contribution in [3.05, 3.63) is 82.9 Å². The van der Waals surface area contributed by atoms with Crippen LogP contribution in [0.25, 0.3) is 16.9 Å². The maximum absolute atomic E-state index is 5.97. The van der Waals surface area contributed by atoms with E-state index >= 15 is 0 Å². The molecule has 0 saturated heterocycles. The summed E-state index contributed by atoms with van der Waals surface area (Å²) < 4.78 is 1.93. The van der Waals surface area contributed by atoms with Crippen LogP contribution in [0.15, 0.2) is 60.9 Å². The second-order valence-corrected chi connectivity index (χ2v) is 7.28. The second-order valence-electron chi connectivity index (χ2n) is 6.84. The van der Waals surface area contributed by atoms with Crippen molar-refractivity contribution in [2.45, 2.75) is 19.5 Å². The molecule has 5 nitrogen and oxygen atoms in total. The van der Waals surface area contributed by atoms with Gasteiger partial charge in [0.15, 0.2) is 5.82 Å². The molecule has 4 heterocycles. The van der Waals surface area contributed by atoms with Crippen LogP contribution in [-0.2, 0) is 19.5 Å². The molecule has 4 aromatic rings. The predicted octanol–water partition coefficient (Wildman–Crippen LogP) is 4.00. The zero-order valence-corrected chi connectivity index (χ0v) is 15.5. The zero-order valence-electron chi connectivity index (χ0n) is 14.7. The van der Waals surface area contributed by atoms with Gasteiger partial charge in [0.05, 0.1) is 16.9 Å². The van der Waals surface area contributed by atoms with Gasteiger partial charge < -0.3 is 0 Å². The fraction of sp³-hybridized carbons (Fsp3) is 0.190. The van der Waals surface area contributed by atoms with Crippen molar-refractivity contribution in [1.82, 2.24) is 24.5 Å². The highest BCUT2D eigenvalue weighted by molar-refractivity contribution is 6.30. The van der Waals surface area contributed by atoms with E-state index in [0.29, 0.717) is 0 Å². The Kier molecular flexibility index (Phi) is 4.11. The number of fused-ring (bicyclic) bond motifs is 2. The van der Waals surface area contributed by atoms with Crippen LogP contribution < -0.4 is 0 Å². The summed E-state index contributed by atoms with van der Waals surface area (Å²) in [6.07, 6.45) is 4.87. The maximum Gasteiger partial charge on any atom is 0.159 e. The van der Waals surface area contributed by atoms with Gasteiger partial charge in [-0.25, -0.2) is 14.5 Å².